The van der Waals surface area contributed by atoms with Crippen molar-refractivity contribution >= 4 is 16.8 Å². The van der Waals surface area contributed by atoms with Gasteiger partial charge in [0.25, 0.3) is 5.91 Å². The van der Waals surface area contributed by atoms with Crippen molar-refractivity contribution in [3.8, 4) is 0 Å². The molecule has 6 nitrogen and oxygen atoms in total. The summed E-state index contributed by atoms with van der Waals surface area (Å²) in [6.07, 6.45) is 5.87. The quantitative estimate of drug-likeness (QED) is 0.826. The molecule has 1 spiro atoms. The highest BCUT2D eigenvalue weighted by atomic mass is 16.7. The van der Waals surface area contributed by atoms with E-state index in [1.807, 2.05) is 42.7 Å². The van der Waals surface area contributed by atoms with Gasteiger partial charge >= 0.3 is 0 Å². The van der Waals surface area contributed by atoms with Gasteiger partial charge in [-0.2, -0.15) is 5.10 Å². The van der Waals surface area contributed by atoms with Crippen LogP contribution in [-0.2, 0) is 16.5 Å². The van der Waals surface area contributed by atoms with E-state index < -0.39 is 0 Å². The van der Waals surface area contributed by atoms with Crippen molar-refractivity contribution < 1.29 is 14.3 Å². The van der Waals surface area contributed by atoms with Crippen molar-refractivity contribution in [2.45, 2.75) is 51.2 Å². The van der Waals surface area contributed by atoms with Crippen LogP contribution in [-0.4, -0.2) is 52.7 Å². The summed E-state index contributed by atoms with van der Waals surface area (Å²) in [5, 5.41) is 5.67. The molecule has 2 aromatic rings. The predicted molar refractivity (Wildman–Crippen MR) is 104 cm³/mol. The highest BCUT2D eigenvalue weighted by Crippen LogP contribution is 2.44. The smallest absolute Gasteiger partial charge is 0.254 e. The van der Waals surface area contributed by atoms with Crippen molar-refractivity contribution in [2.24, 2.45) is 7.05 Å². The standard InChI is InChI=1S/C21H29N3O3/c1-4-24(5-2)20(25)17-7-6-16(19-18(17)14-23(3)22-19)15-8-10-21(11-9-15)26-12-13-27-21/h6-7,14-15H,4-5,8-13H2,1-3H3. The molecule has 0 N–H and O–H groups in total. The number of aromatic nitrogens is 2. The zero-order valence-electron chi connectivity index (χ0n) is 16.5. The molecule has 4 rings (SSSR count). The van der Waals surface area contributed by atoms with Gasteiger partial charge in [-0.3, -0.25) is 9.48 Å². The molecule has 1 aliphatic carbocycles. The van der Waals surface area contributed by atoms with Gasteiger partial charge in [-0.05, 0) is 44.2 Å². The van der Waals surface area contributed by atoms with Crippen LogP contribution in [0.5, 0.6) is 0 Å². The number of ether oxygens (including phenoxy) is 2. The lowest BCUT2D eigenvalue weighted by molar-refractivity contribution is -0.178. The molecule has 27 heavy (non-hydrogen) atoms. The van der Waals surface area contributed by atoms with Crippen molar-refractivity contribution in [1.82, 2.24) is 14.7 Å². The Morgan fingerprint density at radius 1 is 1.22 bits per heavy atom. The first-order chi connectivity index (χ1) is 13.1. The van der Waals surface area contributed by atoms with Gasteiger partial charge in [-0.1, -0.05) is 6.07 Å². The van der Waals surface area contributed by atoms with Crippen LogP contribution in [0.1, 0.15) is 61.4 Å². The normalized spacial score (nSPS) is 19.8. The van der Waals surface area contributed by atoms with Gasteiger partial charge in [-0.15, -0.1) is 0 Å². The molecule has 0 atom stereocenters. The van der Waals surface area contributed by atoms with Crippen molar-refractivity contribution in [1.29, 1.82) is 0 Å². The molecule has 2 aliphatic rings. The zero-order valence-corrected chi connectivity index (χ0v) is 16.5. The number of amides is 1. The SMILES string of the molecule is CCN(CC)C(=O)c1ccc(C2CCC3(CC2)OCCO3)c2nn(C)cc12. The average molecular weight is 371 g/mol. The van der Waals surface area contributed by atoms with E-state index in [0.717, 1.165) is 42.1 Å². The van der Waals surface area contributed by atoms with Crippen LogP contribution in [0.4, 0.5) is 0 Å². The number of fused-ring (bicyclic) bond motifs is 1. The molecule has 1 aromatic heterocycles. The van der Waals surface area contributed by atoms with E-state index in [-0.39, 0.29) is 11.7 Å². The van der Waals surface area contributed by atoms with Crippen LogP contribution < -0.4 is 0 Å². The average Bonchev–Trinajstić information content (AvgIpc) is 3.29. The number of nitrogens with zero attached hydrogens (tertiary/aromatic N) is 3. The van der Waals surface area contributed by atoms with E-state index in [0.29, 0.717) is 32.2 Å². The maximum Gasteiger partial charge on any atom is 0.254 e. The first-order valence-corrected chi connectivity index (χ1v) is 10.1. The van der Waals surface area contributed by atoms with Crippen molar-refractivity contribution in [2.75, 3.05) is 26.3 Å². The van der Waals surface area contributed by atoms with Crippen LogP contribution in [0, 0.1) is 0 Å². The predicted octanol–water partition coefficient (Wildman–Crippen LogP) is 3.46. The number of rotatable bonds is 4. The Morgan fingerprint density at radius 3 is 2.52 bits per heavy atom. The summed E-state index contributed by atoms with van der Waals surface area (Å²) in [4.78, 5) is 14.8. The second kappa shape index (κ2) is 7.24. The van der Waals surface area contributed by atoms with Gasteiger partial charge in [0.15, 0.2) is 5.79 Å². The summed E-state index contributed by atoms with van der Waals surface area (Å²) in [7, 11) is 1.92. The maximum absolute atomic E-state index is 12.9. The largest absolute Gasteiger partial charge is 0.348 e. The van der Waals surface area contributed by atoms with E-state index in [1.54, 1.807) is 0 Å². The fourth-order valence-corrected chi connectivity index (χ4v) is 4.59. The molecular weight excluding hydrogens is 342 g/mol. The lowest BCUT2D eigenvalue weighted by Gasteiger charge is -2.35. The number of benzene rings is 1. The van der Waals surface area contributed by atoms with E-state index >= 15 is 0 Å². The molecule has 146 valence electrons. The van der Waals surface area contributed by atoms with Gasteiger partial charge in [-0.25, -0.2) is 0 Å². The monoisotopic (exact) mass is 371 g/mol. The molecule has 1 saturated heterocycles. The number of hydrogen-bond acceptors (Lipinski definition) is 4. The summed E-state index contributed by atoms with van der Waals surface area (Å²) in [6.45, 7) is 6.87. The molecule has 0 unspecified atom stereocenters. The minimum atomic E-state index is -0.349. The van der Waals surface area contributed by atoms with E-state index in [4.69, 9.17) is 14.6 Å². The summed E-state index contributed by atoms with van der Waals surface area (Å²) in [6, 6.07) is 4.11. The molecule has 2 fully saturated rings. The van der Waals surface area contributed by atoms with Gasteiger partial charge in [0.05, 0.1) is 24.3 Å². The van der Waals surface area contributed by atoms with Crippen LogP contribution >= 0.6 is 0 Å². The lowest BCUT2D eigenvalue weighted by Crippen LogP contribution is -2.34. The van der Waals surface area contributed by atoms with Crippen LogP contribution in [0.3, 0.4) is 0 Å². The first kappa shape index (κ1) is 18.4. The van der Waals surface area contributed by atoms with E-state index in [9.17, 15) is 4.79 Å². The summed E-state index contributed by atoms with van der Waals surface area (Å²) in [5.41, 5.74) is 2.96. The van der Waals surface area contributed by atoms with E-state index in [1.165, 1.54) is 5.56 Å². The topological polar surface area (TPSA) is 56.6 Å². The molecule has 6 heteroatoms. The highest BCUT2D eigenvalue weighted by molar-refractivity contribution is 6.06. The number of aryl methyl sites for hydroxylation is 1. The highest BCUT2D eigenvalue weighted by Gasteiger charge is 2.41. The summed E-state index contributed by atoms with van der Waals surface area (Å²) < 4.78 is 13.6. The molecule has 0 bridgehead atoms. The maximum atomic E-state index is 12.9. The van der Waals surface area contributed by atoms with Crippen molar-refractivity contribution in [3.05, 3.63) is 29.5 Å². The second-order valence-corrected chi connectivity index (χ2v) is 7.63. The van der Waals surface area contributed by atoms with Gasteiger partial charge in [0.1, 0.15) is 0 Å². The minimum Gasteiger partial charge on any atom is -0.348 e. The lowest BCUT2D eigenvalue weighted by atomic mass is 9.80. The number of carbonyl (C=O) groups excluding carboxylic acids is 1. The van der Waals surface area contributed by atoms with Crippen molar-refractivity contribution in [3.63, 3.8) is 0 Å². The molecule has 1 aromatic carbocycles. The molecular formula is C21H29N3O3. The fourth-order valence-electron chi connectivity index (χ4n) is 4.59. The number of carbonyl (C=O) groups is 1. The number of hydrogen-bond donors (Lipinski definition) is 0. The van der Waals surface area contributed by atoms with Crippen LogP contribution in [0.15, 0.2) is 18.3 Å². The third-order valence-corrected chi connectivity index (χ3v) is 6.10. The zero-order chi connectivity index (χ0) is 19.0. The third kappa shape index (κ3) is 3.25. The first-order valence-electron chi connectivity index (χ1n) is 10.1. The van der Waals surface area contributed by atoms with E-state index in [2.05, 4.69) is 6.07 Å². The molecule has 2 heterocycles. The summed E-state index contributed by atoms with van der Waals surface area (Å²) in [5.74, 6) is 0.164. The van der Waals surface area contributed by atoms with Gasteiger partial charge in [0.2, 0.25) is 0 Å². The minimum absolute atomic E-state index is 0.0832. The Hall–Kier alpha value is -1.92. The Bertz CT molecular complexity index is 825. The molecule has 0 radical (unpaired) electrons. The Labute approximate surface area is 160 Å². The molecule has 1 amide bonds. The van der Waals surface area contributed by atoms with Crippen LogP contribution in [0.2, 0.25) is 0 Å². The second-order valence-electron chi connectivity index (χ2n) is 7.63. The third-order valence-electron chi connectivity index (χ3n) is 6.10. The molecule has 1 aliphatic heterocycles. The Balaban J connectivity index is 1.65. The summed E-state index contributed by atoms with van der Waals surface area (Å²) >= 11 is 0. The Morgan fingerprint density at radius 2 is 1.89 bits per heavy atom. The fraction of sp³-hybridized carbons (Fsp3) is 0.619. The van der Waals surface area contributed by atoms with Gasteiger partial charge in [0, 0.05) is 44.6 Å². The van der Waals surface area contributed by atoms with Gasteiger partial charge < -0.3 is 14.4 Å². The van der Waals surface area contributed by atoms with Crippen LogP contribution in [0.25, 0.3) is 10.9 Å². The molecule has 1 saturated carbocycles. The Kier molecular flexibility index (Phi) is 4.95.